The van der Waals surface area contributed by atoms with Crippen LogP contribution in [0.15, 0.2) is 29.2 Å². The molecule has 0 aliphatic heterocycles. The lowest BCUT2D eigenvalue weighted by Crippen LogP contribution is -2.23. The highest BCUT2D eigenvalue weighted by atomic mass is 32.2. The zero-order valence-corrected chi connectivity index (χ0v) is 10.6. The van der Waals surface area contributed by atoms with Gasteiger partial charge in [0.05, 0.1) is 0 Å². The van der Waals surface area contributed by atoms with E-state index in [0.29, 0.717) is 0 Å². The number of hydrogen-bond acceptors (Lipinski definition) is 3. The summed E-state index contributed by atoms with van der Waals surface area (Å²) in [4.78, 5) is 1.35. The van der Waals surface area contributed by atoms with Gasteiger partial charge in [0.1, 0.15) is 0 Å². The molecule has 0 heterocycles. The lowest BCUT2D eigenvalue weighted by molar-refractivity contribution is 0.701. The van der Waals surface area contributed by atoms with Crippen LogP contribution in [-0.4, -0.2) is 24.9 Å². The van der Waals surface area contributed by atoms with Gasteiger partial charge in [0.2, 0.25) is 0 Å². The third-order valence-corrected chi connectivity index (χ3v) is 3.52. The molecule has 3 heteroatoms. The Labute approximate surface area is 102 Å². The van der Waals surface area contributed by atoms with E-state index in [1.165, 1.54) is 23.4 Å². The minimum absolute atomic E-state index is 0.810. The molecule has 0 unspecified atom stereocenters. The lowest BCUT2D eigenvalue weighted by atomic mass is 10.3. The predicted molar refractivity (Wildman–Crippen MR) is 72.4 cm³/mol. The third-order valence-electron chi connectivity index (χ3n) is 2.63. The second kappa shape index (κ2) is 6.16. The van der Waals surface area contributed by atoms with Crippen LogP contribution in [-0.2, 0) is 0 Å². The van der Waals surface area contributed by atoms with E-state index in [1.807, 2.05) is 11.8 Å². The van der Waals surface area contributed by atoms with Gasteiger partial charge in [0, 0.05) is 29.7 Å². The van der Waals surface area contributed by atoms with Crippen molar-refractivity contribution in [1.29, 1.82) is 0 Å². The van der Waals surface area contributed by atoms with Gasteiger partial charge in [0.25, 0.3) is 0 Å². The minimum atomic E-state index is 0.810. The van der Waals surface area contributed by atoms with Crippen LogP contribution in [0, 0.1) is 0 Å². The average Bonchev–Trinajstić information content (AvgIpc) is 3.11. The van der Waals surface area contributed by atoms with Crippen LogP contribution < -0.4 is 10.6 Å². The second-order valence-corrected chi connectivity index (χ2v) is 5.45. The van der Waals surface area contributed by atoms with E-state index in [2.05, 4.69) is 41.8 Å². The number of benzene rings is 1. The van der Waals surface area contributed by atoms with Gasteiger partial charge in [-0.2, -0.15) is 0 Å². The van der Waals surface area contributed by atoms with Gasteiger partial charge >= 0.3 is 0 Å². The largest absolute Gasteiger partial charge is 0.384 e. The van der Waals surface area contributed by atoms with Gasteiger partial charge in [-0.15, -0.1) is 11.8 Å². The first-order valence-corrected chi connectivity index (χ1v) is 7.07. The van der Waals surface area contributed by atoms with Crippen molar-refractivity contribution in [3.05, 3.63) is 24.3 Å². The van der Waals surface area contributed by atoms with Crippen molar-refractivity contribution in [3.63, 3.8) is 0 Å². The molecule has 1 fully saturated rings. The Morgan fingerprint density at radius 2 is 1.94 bits per heavy atom. The predicted octanol–water partition coefficient (Wildman–Crippen LogP) is 2.96. The summed E-state index contributed by atoms with van der Waals surface area (Å²) in [5, 5.41) is 6.92. The SMILES string of the molecule is CCSc1ccc(NCCNC2CC2)cc1. The van der Waals surface area contributed by atoms with Crippen LogP contribution in [0.25, 0.3) is 0 Å². The van der Waals surface area contributed by atoms with Crippen LogP contribution >= 0.6 is 11.8 Å². The Morgan fingerprint density at radius 1 is 1.19 bits per heavy atom. The Hall–Kier alpha value is -0.670. The summed E-state index contributed by atoms with van der Waals surface area (Å²) in [5.74, 6) is 1.14. The fraction of sp³-hybridized carbons (Fsp3) is 0.538. The quantitative estimate of drug-likeness (QED) is 0.562. The molecule has 88 valence electrons. The summed E-state index contributed by atoms with van der Waals surface area (Å²) in [6.07, 6.45) is 2.73. The molecule has 1 saturated carbocycles. The topological polar surface area (TPSA) is 24.1 Å². The van der Waals surface area contributed by atoms with E-state index in [-0.39, 0.29) is 0 Å². The fourth-order valence-electron chi connectivity index (χ4n) is 1.61. The highest BCUT2D eigenvalue weighted by molar-refractivity contribution is 7.99. The molecule has 0 bridgehead atoms. The molecule has 2 nitrogen and oxygen atoms in total. The van der Waals surface area contributed by atoms with Gasteiger partial charge in [-0.25, -0.2) is 0 Å². The van der Waals surface area contributed by atoms with E-state index in [9.17, 15) is 0 Å². The molecular formula is C13H20N2S. The molecular weight excluding hydrogens is 216 g/mol. The summed E-state index contributed by atoms with van der Waals surface area (Å²) in [6, 6.07) is 9.50. The number of hydrogen-bond donors (Lipinski definition) is 2. The first-order valence-electron chi connectivity index (χ1n) is 6.08. The Kier molecular flexibility index (Phi) is 4.55. The molecule has 16 heavy (non-hydrogen) atoms. The van der Waals surface area contributed by atoms with Gasteiger partial charge in [-0.3, -0.25) is 0 Å². The normalized spacial score (nSPS) is 15.1. The van der Waals surface area contributed by atoms with Crippen molar-refractivity contribution in [2.45, 2.75) is 30.7 Å². The van der Waals surface area contributed by atoms with Gasteiger partial charge < -0.3 is 10.6 Å². The standard InChI is InChI=1S/C13H20N2S/c1-2-16-13-7-5-12(6-8-13)15-10-9-14-11-3-4-11/h5-8,11,14-15H,2-4,9-10H2,1H3. The summed E-state index contributed by atoms with van der Waals surface area (Å²) < 4.78 is 0. The van der Waals surface area contributed by atoms with Crippen LogP contribution in [0.1, 0.15) is 19.8 Å². The fourth-order valence-corrected chi connectivity index (χ4v) is 2.27. The average molecular weight is 236 g/mol. The molecule has 1 aliphatic rings. The molecule has 1 aliphatic carbocycles. The van der Waals surface area contributed by atoms with E-state index in [0.717, 1.165) is 24.9 Å². The Balaban J connectivity index is 1.67. The van der Waals surface area contributed by atoms with Crippen molar-refractivity contribution in [3.8, 4) is 0 Å². The molecule has 0 spiro atoms. The van der Waals surface area contributed by atoms with Crippen molar-refractivity contribution in [1.82, 2.24) is 5.32 Å². The maximum absolute atomic E-state index is 3.49. The monoisotopic (exact) mass is 236 g/mol. The van der Waals surface area contributed by atoms with Crippen molar-refractivity contribution >= 4 is 17.4 Å². The van der Waals surface area contributed by atoms with Gasteiger partial charge in [-0.05, 0) is 42.9 Å². The van der Waals surface area contributed by atoms with Crippen LogP contribution in [0.4, 0.5) is 5.69 Å². The van der Waals surface area contributed by atoms with E-state index in [1.54, 1.807) is 0 Å². The number of anilines is 1. The summed E-state index contributed by atoms with van der Waals surface area (Å²) in [7, 11) is 0. The zero-order valence-electron chi connectivity index (χ0n) is 9.83. The number of thioether (sulfide) groups is 1. The molecule has 0 amide bonds. The van der Waals surface area contributed by atoms with E-state index >= 15 is 0 Å². The van der Waals surface area contributed by atoms with Crippen molar-refractivity contribution in [2.24, 2.45) is 0 Å². The molecule has 1 aromatic rings. The van der Waals surface area contributed by atoms with Crippen molar-refractivity contribution < 1.29 is 0 Å². The zero-order chi connectivity index (χ0) is 11.2. The van der Waals surface area contributed by atoms with Crippen LogP contribution in [0.2, 0.25) is 0 Å². The Morgan fingerprint density at radius 3 is 2.56 bits per heavy atom. The Bertz CT molecular complexity index is 306. The maximum atomic E-state index is 3.49. The highest BCUT2D eigenvalue weighted by Crippen LogP contribution is 2.20. The third kappa shape index (κ3) is 4.06. The number of rotatable bonds is 7. The summed E-state index contributed by atoms with van der Waals surface area (Å²) >= 11 is 1.88. The van der Waals surface area contributed by atoms with Gasteiger partial charge in [0.15, 0.2) is 0 Å². The first kappa shape index (κ1) is 11.8. The molecule has 0 aromatic heterocycles. The van der Waals surface area contributed by atoms with E-state index < -0.39 is 0 Å². The van der Waals surface area contributed by atoms with E-state index in [4.69, 9.17) is 0 Å². The second-order valence-electron chi connectivity index (χ2n) is 4.11. The smallest absolute Gasteiger partial charge is 0.0341 e. The van der Waals surface area contributed by atoms with Gasteiger partial charge in [-0.1, -0.05) is 6.92 Å². The first-order chi connectivity index (χ1) is 7.88. The molecule has 2 rings (SSSR count). The summed E-state index contributed by atoms with van der Waals surface area (Å²) in [6.45, 7) is 4.26. The summed E-state index contributed by atoms with van der Waals surface area (Å²) in [5.41, 5.74) is 1.22. The van der Waals surface area contributed by atoms with Crippen LogP contribution in [0.3, 0.4) is 0 Å². The molecule has 1 aromatic carbocycles. The lowest BCUT2D eigenvalue weighted by Gasteiger charge is -2.07. The molecule has 0 atom stereocenters. The van der Waals surface area contributed by atoms with Crippen molar-refractivity contribution in [2.75, 3.05) is 24.2 Å². The molecule has 2 N–H and O–H groups in total. The minimum Gasteiger partial charge on any atom is -0.384 e. The molecule has 0 saturated heterocycles. The highest BCUT2D eigenvalue weighted by Gasteiger charge is 2.19. The van der Waals surface area contributed by atoms with Crippen LogP contribution in [0.5, 0.6) is 0 Å². The number of nitrogens with one attached hydrogen (secondary N) is 2. The molecule has 0 radical (unpaired) electrons. The maximum Gasteiger partial charge on any atom is 0.0341 e.